The summed E-state index contributed by atoms with van der Waals surface area (Å²) in [4.78, 5) is 14.3. The van der Waals surface area contributed by atoms with Gasteiger partial charge in [0.25, 0.3) is 12.3 Å². The zero-order chi connectivity index (χ0) is 11.6. The molecule has 0 saturated heterocycles. The lowest BCUT2D eigenvalue weighted by Crippen LogP contribution is -2.17. The summed E-state index contributed by atoms with van der Waals surface area (Å²) in [7, 11) is 0. The van der Waals surface area contributed by atoms with Gasteiger partial charge in [-0.15, -0.1) is 0 Å². The first-order chi connectivity index (χ1) is 6.99. The molecule has 1 rings (SSSR count). The second-order valence-electron chi connectivity index (χ2n) is 2.52. The lowest BCUT2D eigenvalue weighted by molar-refractivity contribution is 0.0979. The highest BCUT2D eigenvalue weighted by Crippen LogP contribution is 2.27. The van der Waals surface area contributed by atoms with E-state index in [4.69, 9.17) is 11.0 Å². The number of halogens is 3. The van der Waals surface area contributed by atoms with Crippen molar-refractivity contribution in [1.82, 2.24) is 4.98 Å². The quantitative estimate of drug-likeness (QED) is 0.840. The number of primary amides is 1. The van der Waals surface area contributed by atoms with Gasteiger partial charge in [0.15, 0.2) is 0 Å². The van der Waals surface area contributed by atoms with Gasteiger partial charge in [-0.05, 0) is 22.6 Å². The molecule has 1 heterocycles. The smallest absolute Gasteiger partial charge is 0.267 e. The number of alkyl halides is 2. The number of nitriles is 1. The molecular weight excluding hydrogens is 319 g/mol. The molecule has 0 unspecified atom stereocenters. The molecule has 0 spiro atoms. The van der Waals surface area contributed by atoms with Gasteiger partial charge < -0.3 is 5.73 Å². The predicted octanol–water partition coefficient (Wildman–Crippen LogP) is 1.59. The Hall–Kier alpha value is -1.30. The Bertz CT molecular complexity index is 456. The van der Waals surface area contributed by atoms with Crippen molar-refractivity contribution >= 4 is 28.5 Å². The Kier molecular flexibility index (Phi) is 3.52. The fourth-order valence-electron chi connectivity index (χ4n) is 1.02. The molecule has 0 aliphatic carbocycles. The number of pyridine rings is 1. The number of hydrogen-bond donors (Lipinski definition) is 1. The number of rotatable bonds is 2. The second kappa shape index (κ2) is 4.48. The van der Waals surface area contributed by atoms with Crippen LogP contribution in [0.3, 0.4) is 0 Å². The van der Waals surface area contributed by atoms with Crippen LogP contribution in [0.15, 0.2) is 6.20 Å². The first kappa shape index (κ1) is 11.8. The van der Waals surface area contributed by atoms with Crippen LogP contribution in [-0.4, -0.2) is 10.9 Å². The molecule has 78 valence electrons. The molecule has 0 radical (unpaired) electrons. The van der Waals surface area contributed by atoms with Crippen LogP contribution in [0.2, 0.25) is 0 Å². The van der Waals surface area contributed by atoms with Gasteiger partial charge in [0, 0.05) is 9.77 Å². The maximum Gasteiger partial charge on any atom is 0.267 e. The minimum Gasteiger partial charge on any atom is -0.364 e. The van der Waals surface area contributed by atoms with Gasteiger partial charge in [0.05, 0.1) is 11.1 Å². The average Bonchev–Trinajstić information content (AvgIpc) is 2.16. The Morgan fingerprint density at radius 3 is 2.67 bits per heavy atom. The monoisotopic (exact) mass is 323 g/mol. The number of amides is 1. The fraction of sp³-hybridized carbons (Fsp3) is 0.125. The molecule has 1 aromatic heterocycles. The van der Waals surface area contributed by atoms with Gasteiger partial charge in [0.2, 0.25) is 0 Å². The van der Waals surface area contributed by atoms with E-state index in [2.05, 4.69) is 4.98 Å². The summed E-state index contributed by atoms with van der Waals surface area (Å²) >= 11 is 1.69. The van der Waals surface area contributed by atoms with Crippen LogP contribution in [0.5, 0.6) is 0 Å². The number of hydrogen-bond acceptors (Lipinski definition) is 3. The summed E-state index contributed by atoms with van der Waals surface area (Å²) in [5.74, 6) is -1.07. The summed E-state index contributed by atoms with van der Waals surface area (Å²) in [6.07, 6.45) is -1.80. The first-order valence-corrected chi connectivity index (χ1v) is 4.73. The topological polar surface area (TPSA) is 79.8 Å². The predicted molar refractivity (Wildman–Crippen MR) is 55.1 cm³/mol. The Morgan fingerprint density at radius 2 is 2.27 bits per heavy atom. The third kappa shape index (κ3) is 2.20. The number of carbonyl (C=O) groups is 1. The molecule has 0 aliphatic rings. The van der Waals surface area contributed by atoms with Gasteiger partial charge >= 0.3 is 0 Å². The third-order valence-corrected chi connectivity index (χ3v) is 2.45. The highest BCUT2D eigenvalue weighted by molar-refractivity contribution is 14.1. The molecule has 0 saturated carbocycles. The van der Waals surface area contributed by atoms with Crippen LogP contribution in [0.4, 0.5) is 8.78 Å². The molecule has 15 heavy (non-hydrogen) atoms. The maximum absolute atomic E-state index is 12.6. The van der Waals surface area contributed by atoms with Crippen molar-refractivity contribution in [3.8, 4) is 6.07 Å². The zero-order valence-electron chi connectivity index (χ0n) is 7.17. The normalized spacial score (nSPS) is 10.1. The third-order valence-electron chi connectivity index (χ3n) is 1.63. The van der Waals surface area contributed by atoms with E-state index in [9.17, 15) is 13.6 Å². The van der Waals surface area contributed by atoms with Gasteiger partial charge in [0.1, 0.15) is 11.8 Å². The van der Waals surface area contributed by atoms with Gasteiger partial charge in [-0.2, -0.15) is 5.26 Å². The molecule has 1 amide bonds. The molecule has 0 aliphatic heterocycles. The zero-order valence-corrected chi connectivity index (χ0v) is 9.33. The second-order valence-corrected chi connectivity index (χ2v) is 3.68. The van der Waals surface area contributed by atoms with E-state index in [1.807, 2.05) is 0 Å². The van der Waals surface area contributed by atoms with Crippen molar-refractivity contribution < 1.29 is 13.6 Å². The van der Waals surface area contributed by atoms with Crippen LogP contribution < -0.4 is 5.73 Å². The number of nitrogens with two attached hydrogens (primary N) is 1. The molecule has 0 aromatic carbocycles. The van der Waals surface area contributed by atoms with Crippen molar-refractivity contribution in [2.75, 3.05) is 0 Å². The van der Waals surface area contributed by atoms with Crippen LogP contribution in [0, 0.1) is 14.9 Å². The summed E-state index contributed by atoms with van der Waals surface area (Å²) in [6, 6.07) is 1.61. The molecule has 0 atom stereocenters. The van der Waals surface area contributed by atoms with Crippen LogP contribution in [0.25, 0.3) is 0 Å². The van der Waals surface area contributed by atoms with E-state index in [0.717, 1.165) is 6.20 Å². The van der Waals surface area contributed by atoms with Crippen molar-refractivity contribution in [3.05, 3.63) is 26.6 Å². The van der Waals surface area contributed by atoms with Crippen molar-refractivity contribution in [2.45, 2.75) is 6.43 Å². The molecule has 0 bridgehead atoms. The number of aromatic nitrogens is 1. The fourth-order valence-corrected chi connectivity index (χ4v) is 1.58. The largest absolute Gasteiger partial charge is 0.364 e. The molecule has 0 fully saturated rings. The lowest BCUT2D eigenvalue weighted by Gasteiger charge is -2.07. The van der Waals surface area contributed by atoms with Gasteiger partial charge in [-0.1, -0.05) is 0 Å². The van der Waals surface area contributed by atoms with Crippen molar-refractivity contribution in [3.63, 3.8) is 0 Å². The van der Waals surface area contributed by atoms with Gasteiger partial charge in [-0.25, -0.2) is 13.8 Å². The lowest BCUT2D eigenvalue weighted by atomic mass is 10.1. The van der Waals surface area contributed by atoms with E-state index in [1.165, 1.54) is 0 Å². The maximum atomic E-state index is 12.6. The average molecular weight is 323 g/mol. The SMILES string of the molecule is N#Cc1c(I)cnc(C(N)=O)c1C(F)F. The van der Waals surface area contributed by atoms with E-state index < -0.39 is 23.6 Å². The summed E-state index contributed by atoms with van der Waals surface area (Å²) in [5, 5.41) is 8.69. The molecule has 1 aromatic rings. The highest BCUT2D eigenvalue weighted by atomic mass is 127. The summed E-state index contributed by atoms with van der Waals surface area (Å²) in [5.41, 5.74) is 3.37. The van der Waals surface area contributed by atoms with E-state index in [0.29, 0.717) is 0 Å². The van der Waals surface area contributed by atoms with E-state index in [1.54, 1.807) is 28.7 Å². The summed E-state index contributed by atoms with van der Waals surface area (Å²) in [6.45, 7) is 0. The molecule has 4 nitrogen and oxygen atoms in total. The Balaban J connectivity index is 3.58. The Labute approximate surface area is 97.2 Å². The molecule has 2 N–H and O–H groups in total. The van der Waals surface area contributed by atoms with E-state index >= 15 is 0 Å². The van der Waals surface area contributed by atoms with E-state index in [-0.39, 0.29) is 9.13 Å². The van der Waals surface area contributed by atoms with Crippen LogP contribution >= 0.6 is 22.6 Å². The van der Waals surface area contributed by atoms with Gasteiger partial charge in [-0.3, -0.25) is 4.79 Å². The number of nitrogens with zero attached hydrogens (tertiary/aromatic N) is 2. The van der Waals surface area contributed by atoms with Crippen LogP contribution in [-0.2, 0) is 0 Å². The first-order valence-electron chi connectivity index (χ1n) is 3.65. The standard InChI is InChI=1S/C8H4F2IN3O/c9-7(10)5-3(1-12)4(11)2-14-6(5)8(13)15/h2,7H,(H2,13,15). The van der Waals surface area contributed by atoms with Crippen LogP contribution in [0.1, 0.15) is 28.0 Å². The minimum atomic E-state index is -2.95. The number of carbonyl (C=O) groups excluding carboxylic acids is 1. The highest BCUT2D eigenvalue weighted by Gasteiger charge is 2.24. The Morgan fingerprint density at radius 1 is 1.67 bits per heavy atom. The molecule has 7 heteroatoms. The summed E-state index contributed by atoms with van der Waals surface area (Å²) < 4.78 is 25.5. The van der Waals surface area contributed by atoms with Crippen molar-refractivity contribution in [2.24, 2.45) is 5.73 Å². The molecular formula is C8H4F2IN3O. The van der Waals surface area contributed by atoms with Crippen molar-refractivity contribution in [1.29, 1.82) is 5.26 Å². The minimum absolute atomic E-state index is 0.255.